The van der Waals surface area contributed by atoms with Crippen LogP contribution in [-0.2, 0) is 5.41 Å². The van der Waals surface area contributed by atoms with Crippen molar-refractivity contribution in [2.75, 3.05) is 12.8 Å². The topological polar surface area (TPSA) is 81.0 Å². The zero-order valence-corrected chi connectivity index (χ0v) is 17.5. The van der Waals surface area contributed by atoms with Gasteiger partial charge >= 0.3 is 0 Å². The number of nitrogens with zero attached hydrogens (tertiary/aromatic N) is 1. The second kappa shape index (κ2) is 7.95. The highest BCUT2D eigenvalue weighted by Crippen LogP contribution is 2.38. The van der Waals surface area contributed by atoms with Crippen LogP contribution in [0.1, 0.15) is 43.0 Å². The Kier molecular flexibility index (Phi) is 5.59. The number of methoxy groups -OCH3 is 1. The summed E-state index contributed by atoms with van der Waals surface area (Å²) in [6.45, 7) is 8.28. The highest BCUT2D eigenvalue weighted by molar-refractivity contribution is 5.79. The molecule has 0 spiro atoms. The average molecular weight is 389 g/mol. The molecule has 0 radical (unpaired) electrons. The molecule has 0 saturated heterocycles. The predicted octanol–water partition coefficient (Wildman–Crippen LogP) is 4.80. The van der Waals surface area contributed by atoms with E-state index in [-0.39, 0.29) is 11.0 Å². The lowest BCUT2D eigenvalue weighted by Gasteiger charge is -2.25. The fourth-order valence-corrected chi connectivity index (χ4v) is 3.34. The maximum absolute atomic E-state index is 12.5. The largest absolute Gasteiger partial charge is 0.496 e. The van der Waals surface area contributed by atoms with Crippen LogP contribution in [0.3, 0.4) is 0 Å². The van der Waals surface area contributed by atoms with Crippen LogP contribution in [0.15, 0.2) is 47.4 Å². The first-order valence-corrected chi connectivity index (χ1v) is 9.51. The Hall–Kier alpha value is -3.34. The number of rotatable bonds is 4. The van der Waals surface area contributed by atoms with Gasteiger partial charge in [0.1, 0.15) is 5.75 Å². The second-order valence-electron chi connectivity index (χ2n) is 8.15. The van der Waals surface area contributed by atoms with Gasteiger partial charge in [0.2, 0.25) is 0 Å². The molecular formula is C24H27N3O2. The summed E-state index contributed by atoms with van der Waals surface area (Å²) in [5.74, 6) is 0.802. The molecule has 0 aliphatic heterocycles. The summed E-state index contributed by atoms with van der Waals surface area (Å²) >= 11 is 0. The SMILES string of the molecule is COc1c(/C=C/c2ccc(N)cc2)cc(-c2c(C)cn[nH]c2=O)cc1C(C)(C)C. The minimum Gasteiger partial charge on any atom is -0.496 e. The van der Waals surface area contributed by atoms with Crippen LogP contribution < -0.4 is 16.0 Å². The van der Waals surface area contributed by atoms with Gasteiger partial charge < -0.3 is 10.5 Å². The average Bonchev–Trinajstić information content (AvgIpc) is 2.66. The molecule has 1 heterocycles. The number of nitrogens with one attached hydrogen (secondary N) is 1. The lowest BCUT2D eigenvalue weighted by molar-refractivity contribution is 0.397. The number of nitrogens with two attached hydrogens (primary N) is 1. The van der Waals surface area contributed by atoms with Gasteiger partial charge in [0.25, 0.3) is 5.56 Å². The molecule has 3 rings (SSSR count). The van der Waals surface area contributed by atoms with E-state index in [1.165, 1.54) is 0 Å². The summed E-state index contributed by atoms with van der Waals surface area (Å²) in [4.78, 5) is 12.5. The fraction of sp³-hybridized carbons (Fsp3) is 0.250. The number of aryl methyl sites for hydroxylation is 1. The van der Waals surface area contributed by atoms with Gasteiger partial charge in [-0.05, 0) is 53.3 Å². The minimum absolute atomic E-state index is 0.168. The fourth-order valence-electron chi connectivity index (χ4n) is 3.34. The minimum atomic E-state index is -0.205. The van der Waals surface area contributed by atoms with Crippen LogP contribution in [0.2, 0.25) is 0 Å². The smallest absolute Gasteiger partial charge is 0.272 e. The van der Waals surface area contributed by atoms with E-state index in [0.717, 1.165) is 39.3 Å². The number of H-pyrrole nitrogens is 1. The Morgan fingerprint density at radius 1 is 1.10 bits per heavy atom. The Balaban J connectivity index is 2.23. The molecule has 1 aromatic heterocycles. The first-order chi connectivity index (χ1) is 13.7. The van der Waals surface area contributed by atoms with Crippen LogP contribution in [0, 0.1) is 6.92 Å². The molecule has 0 amide bonds. The molecule has 0 saturated carbocycles. The highest BCUT2D eigenvalue weighted by atomic mass is 16.5. The van der Waals surface area contributed by atoms with Crippen molar-refractivity contribution >= 4 is 17.8 Å². The van der Waals surface area contributed by atoms with Crippen LogP contribution in [0.4, 0.5) is 5.69 Å². The molecule has 150 valence electrons. The van der Waals surface area contributed by atoms with Crippen LogP contribution in [0.5, 0.6) is 5.75 Å². The molecule has 3 aromatic rings. The molecule has 29 heavy (non-hydrogen) atoms. The summed E-state index contributed by atoms with van der Waals surface area (Å²) in [5.41, 5.74) is 11.4. The van der Waals surface area contributed by atoms with Crippen LogP contribution >= 0.6 is 0 Å². The third-order valence-electron chi connectivity index (χ3n) is 4.86. The lowest BCUT2D eigenvalue weighted by Crippen LogP contribution is -2.16. The second-order valence-corrected chi connectivity index (χ2v) is 8.15. The van der Waals surface area contributed by atoms with Gasteiger partial charge in [-0.15, -0.1) is 0 Å². The van der Waals surface area contributed by atoms with Crippen LogP contribution in [-0.4, -0.2) is 17.3 Å². The van der Waals surface area contributed by atoms with Crippen molar-refractivity contribution in [3.63, 3.8) is 0 Å². The Morgan fingerprint density at radius 2 is 1.79 bits per heavy atom. The molecule has 0 bridgehead atoms. The van der Waals surface area contributed by atoms with Gasteiger partial charge in [-0.25, -0.2) is 5.10 Å². The number of aromatic amines is 1. The summed E-state index contributed by atoms with van der Waals surface area (Å²) < 4.78 is 5.79. The van der Waals surface area contributed by atoms with E-state index in [1.807, 2.05) is 55.5 Å². The molecule has 0 aliphatic carbocycles. The van der Waals surface area contributed by atoms with E-state index in [0.29, 0.717) is 5.56 Å². The van der Waals surface area contributed by atoms with Crippen molar-refractivity contribution in [3.05, 3.63) is 75.2 Å². The summed E-state index contributed by atoms with van der Waals surface area (Å²) in [6, 6.07) is 11.7. The quantitative estimate of drug-likeness (QED) is 0.496. The van der Waals surface area contributed by atoms with Crippen molar-refractivity contribution in [1.82, 2.24) is 10.2 Å². The summed E-state index contributed by atoms with van der Waals surface area (Å²) in [5, 5.41) is 6.44. The lowest BCUT2D eigenvalue weighted by atomic mass is 9.82. The van der Waals surface area contributed by atoms with Crippen molar-refractivity contribution in [2.24, 2.45) is 0 Å². The van der Waals surface area contributed by atoms with Gasteiger partial charge in [-0.3, -0.25) is 4.79 Å². The maximum Gasteiger partial charge on any atom is 0.272 e. The standard InChI is InChI=1S/C24H27N3O2/c1-15-14-26-27-23(28)21(15)18-12-17(9-6-16-7-10-19(25)11-8-16)22(29-5)20(13-18)24(2,3)4/h6-14H,25H2,1-5H3,(H,27,28)/b9-6+. The molecule has 0 unspecified atom stereocenters. The number of nitrogen functional groups attached to an aromatic ring is 1. The molecule has 0 fully saturated rings. The van der Waals surface area contributed by atoms with Crippen molar-refractivity contribution in [2.45, 2.75) is 33.1 Å². The van der Waals surface area contributed by atoms with Crippen molar-refractivity contribution < 1.29 is 4.74 Å². The molecule has 0 atom stereocenters. The molecule has 2 aromatic carbocycles. The summed E-state index contributed by atoms with van der Waals surface area (Å²) in [7, 11) is 1.68. The number of anilines is 1. The predicted molar refractivity (Wildman–Crippen MR) is 120 cm³/mol. The zero-order chi connectivity index (χ0) is 21.2. The third-order valence-corrected chi connectivity index (χ3v) is 4.86. The van der Waals surface area contributed by atoms with E-state index in [4.69, 9.17) is 10.5 Å². The Morgan fingerprint density at radius 3 is 2.38 bits per heavy atom. The normalized spacial score (nSPS) is 11.8. The van der Waals surface area contributed by atoms with Crippen LogP contribution in [0.25, 0.3) is 23.3 Å². The third kappa shape index (κ3) is 4.40. The molecule has 3 N–H and O–H groups in total. The Labute approximate surface area is 171 Å². The monoisotopic (exact) mass is 389 g/mol. The molecular weight excluding hydrogens is 362 g/mol. The van der Waals surface area contributed by atoms with E-state index in [9.17, 15) is 4.79 Å². The first kappa shape index (κ1) is 20.4. The highest BCUT2D eigenvalue weighted by Gasteiger charge is 2.23. The van der Waals surface area contributed by atoms with Gasteiger partial charge in [0, 0.05) is 16.8 Å². The molecule has 0 aliphatic rings. The van der Waals surface area contributed by atoms with Crippen molar-refractivity contribution in [3.8, 4) is 16.9 Å². The van der Waals surface area contributed by atoms with Crippen molar-refractivity contribution in [1.29, 1.82) is 0 Å². The van der Waals surface area contributed by atoms with E-state index in [1.54, 1.807) is 13.3 Å². The Bertz CT molecular complexity index is 1100. The summed E-state index contributed by atoms with van der Waals surface area (Å²) in [6.07, 6.45) is 5.69. The number of ether oxygens (including phenoxy) is 1. The van der Waals surface area contributed by atoms with E-state index in [2.05, 4.69) is 31.0 Å². The number of aromatic nitrogens is 2. The maximum atomic E-state index is 12.5. The zero-order valence-electron chi connectivity index (χ0n) is 17.5. The van der Waals surface area contributed by atoms with E-state index >= 15 is 0 Å². The number of hydrogen-bond acceptors (Lipinski definition) is 4. The van der Waals surface area contributed by atoms with Gasteiger partial charge in [-0.1, -0.05) is 45.1 Å². The molecule has 5 heteroatoms. The first-order valence-electron chi connectivity index (χ1n) is 9.51. The van der Waals surface area contributed by atoms with Gasteiger partial charge in [-0.2, -0.15) is 5.10 Å². The number of hydrogen-bond donors (Lipinski definition) is 2. The number of benzene rings is 2. The van der Waals surface area contributed by atoms with E-state index < -0.39 is 0 Å². The van der Waals surface area contributed by atoms with Gasteiger partial charge in [0.05, 0.1) is 18.9 Å². The molecule has 5 nitrogen and oxygen atoms in total. The van der Waals surface area contributed by atoms with Gasteiger partial charge in [0.15, 0.2) is 0 Å².